The molecular weight excluding hydrogens is 286 g/mol. The third-order valence-electron chi connectivity index (χ3n) is 3.46. The van der Waals surface area contributed by atoms with Crippen molar-refractivity contribution in [2.75, 3.05) is 20.2 Å². The van der Waals surface area contributed by atoms with Gasteiger partial charge in [-0.05, 0) is 31.4 Å². The van der Waals surface area contributed by atoms with Crippen molar-refractivity contribution in [3.8, 4) is 11.5 Å². The summed E-state index contributed by atoms with van der Waals surface area (Å²) in [5.74, 6) is -1.13. The topological polar surface area (TPSA) is 91.2 Å². The molecule has 0 aliphatic carbocycles. The van der Waals surface area contributed by atoms with E-state index >= 15 is 0 Å². The molecule has 1 aliphatic rings. The lowest BCUT2D eigenvalue weighted by atomic mass is 10.1. The van der Waals surface area contributed by atoms with Gasteiger partial charge in [-0.15, -0.1) is 0 Å². The Morgan fingerprint density at radius 1 is 1.32 bits per heavy atom. The Bertz CT molecular complexity index is 580. The number of amides is 2. The largest absolute Gasteiger partial charge is 0.504 e. The van der Waals surface area contributed by atoms with E-state index in [4.69, 9.17) is 4.74 Å². The van der Waals surface area contributed by atoms with Crippen LogP contribution in [-0.4, -0.2) is 48.2 Å². The number of para-hydroxylation sites is 1. The Morgan fingerprint density at radius 2 is 2.05 bits per heavy atom. The number of carbonyl (C=O) groups excluding carboxylic acids is 2. The predicted octanol–water partition coefficient (Wildman–Crippen LogP) is 0.863. The Kier molecular flexibility index (Phi) is 5.35. The van der Waals surface area contributed by atoms with Crippen molar-refractivity contribution in [2.45, 2.75) is 19.3 Å². The van der Waals surface area contributed by atoms with Crippen molar-refractivity contribution in [2.24, 2.45) is 5.10 Å². The number of carbonyl (C=O) groups is 2. The number of aromatic hydroxyl groups is 1. The van der Waals surface area contributed by atoms with Gasteiger partial charge >= 0.3 is 11.8 Å². The molecule has 0 unspecified atom stereocenters. The van der Waals surface area contributed by atoms with Crippen LogP contribution in [0, 0.1) is 0 Å². The third-order valence-corrected chi connectivity index (χ3v) is 3.46. The zero-order valence-electron chi connectivity index (χ0n) is 12.4. The number of piperidine rings is 1. The average molecular weight is 305 g/mol. The van der Waals surface area contributed by atoms with E-state index in [1.165, 1.54) is 18.2 Å². The number of rotatable bonds is 3. The highest BCUT2D eigenvalue weighted by molar-refractivity contribution is 6.35. The first-order valence-corrected chi connectivity index (χ1v) is 7.11. The fraction of sp³-hybridized carbons (Fsp3) is 0.400. The van der Waals surface area contributed by atoms with Crippen LogP contribution in [-0.2, 0) is 9.59 Å². The minimum atomic E-state index is -0.777. The van der Waals surface area contributed by atoms with E-state index in [1.54, 1.807) is 18.2 Å². The second-order valence-electron chi connectivity index (χ2n) is 4.95. The van der Waals surface area contributed by atoms with E-state index in [1.807, 2.05) is 0 Å². The van der Waals surface area contributed by atoms with Crippen molar-refractivity contribution in [3.63, 3.8) is 0 Å². The molecule has 1 saturated heterocycles. The lowest BCUT2D eigenvalue weighted by Crippen LogP contribution is -2.43. The van der Waals surface area contributed by atoms with E-state index < -0.39 is 11.8 Å². The second-order valence-corrected chi connectivity index (χ2v) is 4.95. The highest BCUT2D eigenvalue weighted by Gasteiger charge is 2.22. The summed E-state index contributed by atoms with van der Waals surface area (Å²) in [7, 11) is 1.44. The number of nitrogens with one attached hydrogen (secondary N) is 1. The van der Waals surface area contributed by atoms with Crippen molar-refractivity contribution >= 4 is 18.0 Å². The van der Waals surface area contributed by atoms with E-state index in [2.05, 4.69) is 10.5 Å². The minimum Gasteiger partial charge on any atom is -0.504 e. The fourth-order valence-electron chi connectivity index (χ4n) is 2.26. The normalized spacial score (nSPS) is 14.9. The molecule has 2 rings (SSSR count). The molecule has 1 heterocycles. The molecule has 1 aromatic carbocycles. The van der Waals surface area contributed by atoms with E-state index in [0.29, 0.717) is 24.4 Å². The van der Waals surface area contributed by atoms with Gasteiger partial charge in [0.25, 0.3) is 0 Å². The number of likely N-dealkylation sites (tertiary alicyclic amines) is 1. The molecule has 0 spiro atoms. The van der Waals surface area contributed by atoms with Crippen molar-refractivity contribution in [1.29, 1.82) is 0 Å². The highest BCUT2D eigenvalue weighted by Crippen LogP contribution is 2.27. The summed E-state index contributed by atoms with van der Waals surface area (Å²) in [5, 5.41) is 13.6. The number of hydrogen-bond donors (Lipinski definition) is 2. The summed E-state index contributed by atoms with van der Waals surface area (Å²) in [6, 6.07) is 4.89. The average Bonchev–Trinajstić information content (AvgIpc) is 2.56. The van der Waals surface area contributed by atoms with Crippen molar-refractivity contribution in [1.82, 2.24) is 10.3 Å². The molecule has 118 valence electrons. The first kappa shape index (κ1) is 15.8. The number of phenolic OH excluding ortho intramolecular Hbond substituents is 1. The van der Waals surface area contributed by atoms with E-state index in [-0.39, 0.29) is 5.75 Å². The van der Waals surface area contributed by atoms with Crippen LogP contribution in [0.2, 0.25) is 0 Å². The lowest BCUT2D eigenvalue weighted by Gasteiger charge is -2.25. The van der Waals surface area contributed by atoms with Crippen LogP contribution in [0.4, 0.5) is 0 Å². The molecule has 0 bridgehead atoms. The third kappa shape index (κ3) is 3.75. The molecule has 0 radical (unpaired) electrons. The smallest absolute Gasteiger partial charge is 0.329 e. The molecule has 7 heteroatoms. The quantitative estimate of drug-likeness (QED) is 0.492. The molecule has 0 atom stereocenters. The van der Waals surface area contributed by atoms with Gasteiger partial charge in [0, 0.05) is 18.7 Å². The van der Waals surface area contributed by atoms with Gasteiger partial charge in [0.1, 0.15) is 0 Å². The van der Waals surface area contributed by atoms with Crippen molar-refractivity contribution < 1.29 is 19.4 Å². The predicted molar refractivity (Wildman–Crippen MR) is 80.8 cm³/mol. The van der Waals surface area contributed by atoms with Gasteiger partial charge in [-0.3, -0.25) is 9.59 Å². The molecule has 2 N–H and O–H groups in total. The van der Waals surface area contributed by atoms with Crippen LogP contribution in [0.25, 0.3) is 0 Å². The fourth-order valence-corrected chi connectivity index (χ4v) is 2.26. The van der Waals surface area contributed by atoms with Gasteiger partial charge in [0.15, 0.2) is 11.5 Å². The number of hydrazone groups is 1. The molecule has 1 aromatic rings. The van der Waals surface area contributed by atoms with E-state index in [9.17, 15) is 14.7 Å². The molecule has 2 amide bonds. The number of phenols is 1. The lowest BCUT2D eigenvalue weighted by molar-refractivity contribution is -0.146. The molecular formula is C15H19N3O4. The standard InChI is InChI=1S/C15H19N3O4/c1-22-12-7-5-6-11(13(12)19)10-16-17-14(20)15(21)18-8-3-2-4-9-18/h5-7,10,19H,2-4,8-9H2,1H3,(H,17,20). The molecule has 0 aromatic heterocycles. The summed E-state index contributed by atoms with van der Waals surface area (Å²) < 4.78 is 4.97. The first-order chi connectivity index (χ1) is 10.6. The molecule has 22 heavy (non-hydrogen) atoms. The maximum atomic E-state index is 11.9. The minimum absolute atomic E-state index is 0.0784. The maximum absolute atomic E-state index is 11.9. The van der Waals surface area contributed by atoms with E-state index in [0.717, 1.165) is 19.3 Å². The van der Waals surface area contributed by atoms with Crippen LogP contribution < -0.4 is 10.2 Å². The van der Waals surface area contributed by atoms with Gasteiger partial charge in [-0.1, -0.05) is 6.07 Å². The van der Waals surface area contributed by atoms with Gasteiger partial charge in [-0.2, -0.15) is 5.10 Å². The molecule has 0 saturated carbocycles. The Balaban J connectivity index is 1.94. The number of benzene rings is 1. The number of methoxy groups -OCH3 is 1. The number of hydrogen-bond acceptors (Lipinski definition) is 5. The number of nitrogens with zero attached hydrogens (tertiary/aromatic N) is 2. The molecule has 1 aliphatic heterocycles. The summed E-state index contributed by atoms with van der Waals surface area (Å²) in [5.41, 5.74) is 2.56. The van der Waals surface area contributed by atoms with Crippen LogP contribution in [0.15, 0.2) is 23.3 Å². The highest BCUT2D eigenvalue weighted by atomic mass is 16.5. The van der Waals surface area contributed by atoms with Gasteiger partial charge in [-0.25, -0.2) is 5.43 Å². The van der Waals surface area contributed by atoms with Crippen LogP contribution in [0.1, 0.15) is 24.8 Å². The van der Waals surface area contributed by atoms with Gasteiger partial charge in [0.2, 0.25) is 0 Å². The SMILES string of the molecule is COc1cccc(C=NNC(=O)C(=O)N2CCCCC2)c1O. The van der Waals surface area contributed by atoms with Crippen LogP contribution in [0.3, 0.4) is 0 Å². The second kappa shape index (κ2) is 7.44. The number of ether oxygens (including phenoxy) is 1. The summed E-state index contributed by atoms with van der Waals surface area (Å²) in [4.78, 5) is 25.1. The van der Waals surface area contributed by atoms with Crippen molar-refractivity contribution in [3.05, 3.63) is 23.8 Å². The van der Waals surface area contributed by atoms with Crippen LogP contribution >= 0.6 is 0 Å². The monoisotopic (exact) mass is 305 g/mol. The maximum Gasteiger partial charge on any atom is 0.329 e. The summed E-state index contributed by atoms with van der Waals surface area (Å²) >= 11 is 0. The van der Waals surface area contributed by atoms with Crippen LogP contribution in [0.5, 0.6) is 11.5 Å². The van der Waals surface area contributed by atoms with Gasteiger partial charge < -0.3 is 14.7 Å². The molecule has 1 fully saturated rings. The Labute approximate surface area is 128 Å². The zero-order chi connectivity index (χ0) is 15.9. The summed E-state index contributed by atoms with van der Waals surface area (Å²) in [6.07, 6.45) is 4.18. The first-order valence-electron chi connectivity index (χ1n) is 7.11. The van der Waals surface area contributed by atoms with Gasteiger partial charge in [0.05, 0.1) is 13.3 Å². The molecule has 7 nitrogen and oxygen atoms in total. The Morgan fingerprint density at radius 3 is 2.73 bits per heavy atom. The Hall–Kier alpha value is -2.57. The zero-order valence-corrected chi connectivity index (χ0v) is 12.4. The summed E-state index contributed by atoms with van der Waals surface area (Å²) in [6.45, 7) is 1.21.